The zero-order chi connectivity index (χ0) is 19.4. The van der Waals surface area contributed by atoms with Crippen LogP contribution in [-0.4, -0.2) is 74.7 Å². The molecular formula is C17H15Br2F2Na2O3PS. The third kappa shape index (κ3) is 8.45. The molecule has 0 fully saturated rings. The molecule has 0 spiro atoms. The molecule has 0 atom stereocenters. The molecule has 2 N–H and O–H groups in total. The van der Waals surface area contributed by atoms with Crippen molar-refractivity contribution >= 4 is 110 Å². The van der Waals surface area contributed by atoms with E-state index in [4.69, 9.17) is 9.79 Å². The normalized spacial score (nSPS) is 10.9. The van der Waals surface area contributed by atoms with E-state index in [1.54, 1.807) is 0 Å². The molecular weight excluding hydrogens is 559 g/mol. The summed E-state index contributed by atoms with van der Waals surface area (Å²) in [5, 5.41) is 0. The molecule has 3 nitrogen and oxygen atoms in total. The van der Waals surface area contributed by atoms with Gasteiger partial charge in [-0.05, 0) is 35.9 Å². The summed E-state index contributed by atoms with van der Waals surface area (Å²) in [6.07, 6.45) is 0. The van der Waals surface area contributed by atoms with E-state index in [9.17, 15) is 13.3 Å². The summed E-state index contributed by atoms with van der Waals surface area (Å²) < 4.78 is 39.5. The van der Waals surface area contributed by atoms with Gasteiger partial charge in [-0.2, -0.15) is 8.78 Å². The van der Waals surface area contributed by atoms with Crippen LogP contribution in [0.4, 0.5) is 8.78 Å². The minimum atomic E-state index is -5.59. The van der Waals surface area contributed by atoms with Gasteiger partial charge in [0.25, 0.3) is 0 Å². The molecule has 0 aliphatic rings. The molecule has 0 aromatic heterocycles. The van der Waals surface area contributed by atoms with Crippen molar-refractivity contribution in [2.75, 3.05) is 5.75 Å². The van der Waals surface area contributed by atoms with Crippen LogP contribution in [-0.2, 0) is 16.0 Å². The standard InChI is InChI=1S/C17H13Br2F2O3PS.2Na.2H/c18-14-6-3-12(4-7-14)2-1-9-26-11-13-5-8-15(16(19)10-13)17(20,21)25(22,23)24;;;;/h3-8,10H,9,11H2,(H2,22,23,24);;;;. The molecule has 0 aliphatic heterocycles. The van der Waals surface area contributed by atoms with Crippen LogP contribution in [0, 0.1) is 11.8 Å². The molecule has 2 aromatic rings. The van der Waals surface area contributed by atoms with Crippen LogP contribution in [0.3, 0.4) is 0 Å². The fraction of sp³-hybridized carbons (Fsp3) is 0.176. The molecule has 0 unspecified atom stereocenters. The van der Waals surface area contributed by atoms with Gasteiger partial charge in [-0.1, -0.05) is 55.8 Å². The van der Waals surface area contributed by atoms with Crippen molar-refractivity contribution in [2.45, 2.75) is 11.4 Å². The first-order chi connectivity index (χ1) is 12.1. The predicted octanol–water partition coefficient (Wildman–Crippen LogP) is 4.43. The van der Waals surface area contributed by atoms with E-state index < -0.39 is 18.8 Å². The van der Waals surface area contributed by atoms with Gasteiger partial charge in [0.15, 0.2) is 0 Å². The SMILES string of the molecule is O=P(O)(O)C(F)(F)c1ccc(CSCC#Cc2ccc(Br)cc2)cc1Br.[NaH].[NaH]. The van der Waals surface area contributed by atoms with Crippen molar-refractivity contribution in [1.29, 1.82) is 0 Å². The topological polar surface area (TPSA) is 57.5 Å². The minimum absolute atomic E-state index is 0. The first-order valence-corrected chi connectivity index (χ1v) is 11.5. The van der Waals surface area contributed by atoms with Crippen LogP contribution in [0.1, 0.15) is 16.7 Å². The second-order valence-corrected chi connectivity index (χ2v) is 9.61. The zero-order valence-corrected chi connectivity index (χ0v) is 18.0. The average Bonchev–Trinajstić information content (AvgIpc) is 2.55. The third-order valence-electron chi connectivity index (χ3n) is 3.24. The van der Waals surface area contributed by atoms with E-state index >= 15 is 0 Å². The van der Waals surface area contributed by atoms with E-state index in [2.05, 4.69) is 43.7 Å². The van der Waals surface area contributed by atoms with Gasteiger partial charge < -0.3 is 9.79 Å². The molecule has 0 radical (unpaired) electrons. The third-order valence-corrected chi connectivity index (χ3v) is 6.29. The van der Waals surface area contributed by atoms with Crippen molar-refractivity contribution in [3.05, 3.63) is 68.1 Å². The second-order valence-electron chi connectivity index (χ2n) is 5.20. The Bertz CT molecular complexity index is 900. The number of benzene rings is 2. The van der Waals surface area contributed by atoms with Gasteiger partial charge in [0.2, 0.25) is 0 Å². The Hall–Kier alpha value is 1.32. The van der Waals surface area contributed by atoms with Crippen LogP contribution >= 0.6 is 51.2 Å². The van der Waals surface area contributed by atoms with Crippen molar-refractivity contribution < 1.29 is 23.1 Å². The molecule has 28 heavy (non-hydrogen) atoms. The summed E-state index contributed by atoms with van der Waals surface area (Å²) in [4.78, 5) is 17.6. The number of alkyl halides is 2. The van der Waals surface area contributed by atoms with Crippen molar-refractivity contribution in [1.82, 2.24) is 0 Å². The monoisotopic (exact) mass is 572 g/mol. The summed E-state index contributed by atoms with van der Waals surface area (Å²) in [5.41, 5.74) is -3.30. The van der Waals surface area contributed by atoms with Gasteiger partial charge in [-0.25, -0.2) is 0 Å². The predicted molar refractivity (Wildman–Crippen MR) is 122 cm³/mol. The molecule has 0 saturated heterocycles. The molecule has 0 amide bonds. The molecule has 142 valence electrons. The molecule has 0 heterocycles. The van der Waals surface area contributed by atoms with Crippen LogP contribution in [0.25, 0.3) is 0 Å². The van der Waals surface area contributed by atoms with E-state index in [-0.39, 0.29) is 63.6 Å². The first-order valence-electron chi connectivity index (χ1n) is 7.16. The van der Waals surface area contributed by atoms with Gasteiger partial charge in [0, 0.05) is 25.8 Å². The summed E-state index contributed by atoms with van der Waals surface area (Å²) in [7, 11) is -5.59. The van der Waals surface area contributed by atoms with Crippen LogP contribution in [0.2, 0.25) is 0 Å². The van der Waals surface area contributed by atoms with E-state index in [1.165, 1.54) is 23.9 Å². The Morgan fingerprint density at radius 1 is 1.07 bits per heavy atom. The maximum atomic E-state index is 13.8. The second kappa shape index (κ2) is 13.0. The van der Waals surface area contributed by atoms with Gasteiger partial charge >= 0.3 is 72.4 Å². The van der Waals surface area contributed by atoms with Crippen molar-refractivity contribution in [3.8, 4) is 11.8 Å². The molecule has 11 heteroatoms. The summed E-state index contributed by atoms with van der Waals surface area (Å²) in [5.74, 6) is 7.15. The number of thioether (sulfide) groups is 1. The molecule has 0 bridgehead atoms. The maximum absolute atomic E-state index is 13.8. The summed E-state index contributed by atoms with van der Waals surface area (Å²) >= 11 is 7.83. The zero-order valence-electron chi connectivity index (χ0n) is 13.1. The van der Waals surface area contributed by atoms with E-state index in [1.807, 2.05) is 24.3 Å². The number of hydrogen-bond donors (Lipinski definition) is 2. The van der Waals surface area contributed by atoms with Crippen molar-refractivity contribution in [2.24, 2.45) is 0 Å². The fourth-order valence-corrected chi connectivity index (χ4v) is 4.23. The van der Waals surface area contributed by atoms with Crippen LogP contribution < -0.4 is 0 Å². The Morgan fingerprint density at radius 2 is 1.68 bits per heavy atom. The number of halogens is 4. The van der Waals surface area contributed by atoms with Gasteiger partial charge in [0.05, 0.1) is 5.75 Å². The molecule has 2 rings (SSSR count). The van der Waals surface area contributed by atoms with E-state index in [0.29, 0.717) is 11.5 Å². The summed E-state index contributed by atoms with van der Waals surface area (Å²) in [6.45, 7) is 0. The fourth-order valence-electron chi connectivity index (χ4n) is 1.94. The Kier molecular flexibility index (Phi) is 13.6. The average molecular weight is 574 g/mol. The molecule has 0 aliphatic carbocycles. The number of hydrogen-bond acceptors (Lipinski definition) is 2. The van der Waals surface area contributed by atoms with Gasteiger partial charge in [-0.15, -0.1) is 11.8 Å². The Morgan fingerprint density at radius 3 is 2.21 bits per heavy atom. The quantitative estimate of drug-likeness (QED) is 0.241. The van der Waals surface area contributed by atoms with Crippen LogP contribution in [0.15, 0.2) is 51.4 Å². The first kappa shape index (κ1) is 29.3. The van der Waals surface area contributed by atoms with Gasteiger partial charge in [0.1, 0.15) is 0 Å². The summed E-state index contributed by atoms with van der Waals surface area (Å²) in [6, 6.07) is 11.5. The van der Waals surface area contributed by atoms with Gasteiger partial charge in [-0.3, -0.25) is 4.57 Å². The Balaban J connectivity index is 0.00000364. The molecule has 0 saturated carbocycles. The Labute approximate surface area is 227 Å². The number of rotatable bonds is 5. The molecule has 2 aromatic carbocycles. The van der Waals surface area contributed by atoms with Crippen LogP contribution in [0.5, 0.6) is 0 Å². The van der Waals surface area contributed by atoms with E-state index in [0.717, 1.165) is 21.7 Å². The van der Waals surface area contributed by atoms with Crippen molar-refractivity contribution in [3.63, 3.8) is 0 Å².